The minimum atomic E-state index is -0.350. The summed E-state index contributed by atoms with van der Waals surface area (Å²) in [5.41, 5.74) is 0. The van der Waals surface area contributed by atoms with Gasteiger partial charge in [0.1, 0.15) is 33.2 Å². The van der Waals surface area contributed by atoms with Crippen molar-refractivity contribution >= 4 is 45.6 Å². The molecule has 0 radical (unpaired) electrons. The highest BCUT2D eigenvalue weighted by atomic mass is 127. The van der Waals surface area contributed by atoms with Gasteiger partial charge >= 0.3 is 0 Å². The van der Waals surface area contributed by atoms with Crippen LogP contribution in [-0.4, -0.2) is 28.0 Å². The van der Waals surface area contributed by atoms with Crippen molar-refractivity contribution in [3.05, 3.63) is 0 Å². The van der Waals surface area contributed by atoms with Gasteiger partial charge in [0.05, 0.1) is 12.7 Å². The summed E-state index contributed by atoms with van der Waals surface area (Å²) in [5.74, 6) is 0. The molecule has 0 aromatic heterocycles. The smallest absolute Gasteiger partial charge is 0.112 e. The van der Waals surface area contributed by atoms with Crippen LogP contribution in [-0.2, 0) is 7.80 Å². The van der Waals surface area contributed by atoms with Crippen molar-refractivity contribution in [2.75, 3.05) is 6.61 Å². The first kappa shape index (κ1) is 9.43. The van der Waals surface area contributed by atoms with Crippen LogP contribution < -0.4 is 0 Å². The molecule has 5 heteroatoms. The number of rotatable bonds is 2. The van der Waals surface area contributed by atoms with Crippen LogP contribution in [0.5, 0.6) is 0 Å². The Morgan fingerprint density at radius 3 is 2.80 bits per heavy atom. The zero-order chi connectivity index (χ0) is 7.56. The Morgan fingerprint density at radius 2 is 2.40 bits per heavy atom. The second-order valence-electron chi connectivity index (χ2n) is 2.16. The summed E-state index contributed by atoms with van der Waals surface area (Å²) in [5, 5.41) is 9.28. The maximum absolute atomic E-state index is 9.28. The van der Waals surface area contributed by atoms with Gasteiger partial charge in [0, 0.05) is 6.42 Å². The highest BCUT2D eigenvalue weighted by molar-refractivity contribution is 14.1. The van der Waals surface area contributed by atoms with Gasteiger partial charge in [0.2, 0.25) is 0 Å². The summed E-state index contributed by atoms with van der Waals surface area (Å²) in [6.07, 6.45) is 0.237. The first-order valence-corrected chi connectivity index (χ1v) is 5.08. The largest absolute Gasteiger partial charge is 0.390 e. The third-order valence-corrected chi connectivity index (χ3v) is 2.57. The van der Waals surface area contributed by atoms with E-state index in [-0.39, 0.29) is 16.3 Å². The first-order valence-electron chi connectivity index (χ1n) is 2.95. The van der Waals surface area contributed by atoms with Crippen LogP contribution in [0, 0.1) is 0 Å². The molecular weight excluding hydrogens is 362 g/mol. The van der Waals surface area contributed by atoms with Crippen molar-refractivity contribution in [3.8, 4) is 0 Å². The Morgan fingerprint density at radius 1 is 1.70 bits per heavy atom. The standard InChI is InChI=1S/C5H8I2O3/c6-5-1-3(8)4(10-5)2-9-7/h3-5,8H,1-2H2. The van der Waals surface area contributed by atoms with Crippen molar-refractivity contribution in [1.29, 1.82) is 0 Å². The Kier molecular flexibility index (Phi) is 4.14. The molecule has 0 bridgehead atoms. The maximum Gasteiger partial charge on any atom is 0.112 e. The van der Waals surface area contributed by atoms with Gasteiger partial charge in [-0.1, -0.05) is 22.6 Å². The molecule has 3 nitrogen and oxygen atoms in total. The van der Waals surface area contributed by atoms with Gasteiger partial charge < -0.3 is 12.9 Å². The Labute approximate surface area is 87.3 Å². The topological polar surface area (TPSA) is 38.7 Å². The van der Waals surface area contributed by atoms with E-state index in [1.54, 1.807) is 23.0 Å². The molecule has 0 aromatic rings. The van der Waals surface area contributed by atoms with Gasteiger partial charge in [-0.3, -0.25) is 0 Å². The van der Waals surface area contributed by atoms with Crippen LogP contribution in [0.1, 0.15) is 6.42 Å². The highest BCUT2D eigenvalue weighted by Gasteiger charge is 2.32. The van der Waals surface area contributed by atoms with E-state index in [1.807, 2.05) is 0 Å². The summed E-state index contributed by atoms with van der Waals surface area (Å²) >= 11 is 3.96. The molecule has 1 fully saturated rings. The number of aliphatic hydroxyl groups excluding tert-OH is 1. The summed E-state index contributed by atoms with van der Waals surface area (Å²) in [6.45, 7) is 0.473. The molecule has 3 atom stereocenters. The molecule has 3 unspecified atom stereocenters. The summed E-state index contributed by atoms with van der Waals surface area (Å²) in [4.78, 5) is 0. The van der Waals surface area contributed by atoms with Crippen LogP contribution in [0.2, 0.25) is 0 Å². The fourth-order valence-electron chi connectivity index (χ4n) is 0.890. The van der Waals surface area contributed by atoms with Crippen LogP contribution in [0.25, 0.3) is 0 Å². The number of aliphatic hydroxyl groups is 1. The van der Waals surface area contributed by atoms with Gasteiger partial charge in [-0.05, 0) is 0 Å². The first-order chi connectivity index (χ1) is 4.74. The van der Waals surface area contributed by atoms with Crippen LogP contribution in [0.3, 0.4) is 0 Å². The van der Waals surface area contributed by atoms with E-state index in [9.17, 15) is 5.11 Å². The molecule has 1 aliphatic rings. The fourth-order valence-corrected chi connectivity index (χ4v) is 2.14. The van der Waals surface area contributed by atoms with Crippen molar-refractivity contribution in [2.24, 2.45) is 0 Å². The van der Waals surface area contributed by atoms with Crippen LogP contribution in [0.15, 0.2) is 0 Å². The lowest BCUT2D eigenvalue weighted by Gasteiger charge is -2.10. The number of ether oxygens (including phenoxy) is 1. The number of alkyl halides is 1. The van der Waals surface area contributed by atoms with Crippen molar-refractivity contribution in [3.63, 3.8) is 0 Å². The van der Waals surface area contributed by atoms with Gasteiger partial charge in [-0.15, -0.1) is 0 Å². The number of hydrogen-bond donors (Lipinski definition) is 1. The molecule has 0 aromatic carbocycles. The highest BCUT2D eigenvalue weighted by Crippen LogP contribution is 2.25. The average molecular weight is 370 g/mol. The van der Waals surface area contributed by atoms with Crippen LogP contribution in [0.4, 0.5) is 0 Å². The van der Waals surface area contributed by atoms with Crippen molar-refractivity contribution in [1.82, 2.24) is 0 Å². The van der Waals surface area contributed by atoms with Gasteiger partial charge in [0.25, 0.3) is 0 Å². The summed E-state index contributed by atoms with van der Waals surface area (Å²) in [7, 11) is 0. The lowest BCUT2D eigenvalue weighted by Crippen LogP contribution is -2.24. The average Bonchev–Trinajstić information content (AvgIpc) is 2.13. The molecule has 1 saturated heterocycles. The zero-order valence-electron chi connectivity index (χ0n) is 5.17. The van der Waals surface area contributed by atoms with Gasteiger partial charge in [0.15, 0.2) is 0 Å². The normalized spacial score (nSPS) is 40.5. The van der Waals surface area contributed by atoms with Crippen LogP contribution >= 0.6 is 45.6 Å². The third kappa shape index (κ3) is 2.43. The molecule has 0 amide bonds. The molecule has 1 aliphatic heterocycles. The molecule has 0 saturated carbocycles. The molecular formula is C5H8I2O3. The van der Waals surface area contributed by atoms with E-state index < -0.39 is 0 Å². The second-order valence-corrected chi connectivity index (χ2v) is 4.18. The van der Waals surface area contributed by atoms with Gasteiger partial charge in [-0.2, -0.15) is 0 Å². The van der Waals surface area contributed by atoms with E-state index in [0.717, 1.165) is 0 Å². The van der Waals surface area contributed by atoms with E-state index in [1.165, 1.54) is 0 Å². The molecule has 1 heterocycles. The minimum absolute atomic E-state index is 0.126. The predicted molar refractivity (Wildman–Crippen MR) is 53.3 cm³/mol. The Bertz CT molecular complexity index is 111. The van der Waals surface area contributed by atoms with Gasteiger partial charge in [-0.25, -0.2) is 0 Å². The minimum Gasteiger partial charge on any atom is -0.390 e. The molecule has 10 heavy (non-hydrogen) atoms. The summed E-state index contributed by atoms with van der Waals surface area (Å²) in [6, 6.07) is 0. The van der Waals surface area contributed by atoms with E-state index in [4.69, 9.17) is 7.80 Å². The number of hydrogen-bond acceptors (Lipinski definition) is 3. The molecule has 60 valence electrons. The monoisotopic (exact) mass is 370 g/mol. The van der Waals surface area contributed by atoms with E-state index in [0.29, 0.717) is 13.0 Å². The summed E-state index contributed by atoms with van der Waals surface area (Å²) < 4.78 is 10.3. The lowest BCUT2D eigenvalue weighted by atomic mass is 10.2. The molecule has 0 spiro atoms. The Hall–Kier alpha value is 1.34. The second kappa shape index (κ2) is 4.39. The quantitative estimate of drug-likeness (QED) is 0.588. The number of halogens is 2. The molecule has 1 rings (SSSR count). The van der Waals surface area contributed by atoms with E-state index >= 15 is 0 Å². The molecule has 0 aliphatic carbocycles. The predicted octanol–water partition coefficient (Wildman–Crippen LogP) is 1.26. The van der Waals surface area contributed by atoms with Crippen molar-refractivity contribution < 1.29 is 12.9 Å². The fraction of sp³-hybridized carbons (Fsp3) is 1.00. The maximum atomic E-state index is 9.28. The Balaban J connectivity index is 2.31. The zero-order valence-corrected chi connectivity index (χ0v) is 9.48. The lowest BCUT2D eigenvalue weighted by molar-refractivity contribution is 0.0167. The molecule has 1 N–H and O–H groups in total. The van der Waals surface area contributed by atoms with E-state index in [2.05, 4.69) is 22.6 Å². The van der Waals surface area contributed by atoms with Crippen molar-refractivity contribution in [2.45, 2.75) is 22.7 Å². The third-order valence-electron chi connectivity index (χ3n) is 1.41. The SMILES string of the molecule is OC1CC(I)OC1COI.